The van der Waals surface area contributed by atoms with E-state index in [0.29, 0.717) is 29.9 Å². The van der Waals surface area contributed by atoms with Crippen LogP contribution < -0.4 is 10.1 Å². The Labute approximate surface area is 182 Å². The number of carboxylic acid groups (broad SMARTS) is 1. The molecule has 1 amide bonds. The van der Waals surface area contributed by atoms with Crippen molar-refractivity contribution in [1.82, 2.24) is 15.1 Å². The summed E-state index contributed by atoms with van der Waals surface area (Å²) in [4.78, 5) is 16.3. The molecule has 162 valence electrons. The van der Waals surface area contributed by atoms with Crippen molar-refractivity contribution in [3.63, 3.8) is 0 Å². The molecule has 3 atom stereocenters. The van der Waals surface area contributed by atoms with Gasteiger partial charge in [0.25, 0.3) is 0 Å². The number of benzene rings is 2. The Morgan fingerprint density at radius 1 is 1.13 bits per heavy atom. The molecule has 0 saturated carbocycles. The fraction of sp³-hybridized carbons (Fsp3) is 0.417. The van der Waals surface area contributed by atoms with Crippen LogP contribution >= 0.6 is 0 Å². The molecule has 2 bridgehead atoms. The minimum absolute atomic E-state index is 0.252. The fourth-order valence-electron chi connectivity index (χ4n) is 4.74. The summed E-state index contributed by atoms with van der Waals surface area (Å²) in [6.45, 7) is 3.85. The molecule has 2 aliphatic rings. The van der Waals surface area contributed by atoms with Crippen molar-refractivity contribution in [3.8, 4) is 11.8 Å². The third-order valence-corrected chi connectivity index (χ3v) is 6.15. The first-order chi connectivity index (χ1) is 15.1. The minimum Gasteiger partial charge on any atom is -0.491 e. The Kier molecular flexibility index (Phi) is 6.70. The predicted molar refractivity (Wildman–Crippen MR) is 117 cm³/mol. The number of hydrogen-bond acceptors (Lipinski definition) is 5. The molecule has 31 heavy (non-hydrogen) atoms. The number of ether oxygens (including phenoxy) is 1. The zero-order valence-electron chi connectivity index (χ0n) is 17.5. The van der Waals surface area contributed by atoms with Crippen LogP contribution in [0.2, 0.25) is 0 Å². The Hall–Kier alpha value is -3.08. The van der Waals surface area contributed by atoms with E-state index in [9.17, 15) is 9.90 Å². The molecule has 0 aromatic heterocycles. The number of fused-ring (bicyclic) bond motifs is 2. The van der Waals surface area contributed by atoms with Crippen LogP contribution in [-0.2, 0) is 6.54 Å². The smallest absolute Gasteiger partial charge is 0.405 e. The van der Waals surface area contributed by atoms with Gasteiger partial charge >= 0.3 is 6.09 Å². The summed E-state index contributed by atoms with van der Waals surface area (Å²) in [6.07, 6.45) is 1.25. The first-order valence-corrected chi connectivity index (χ1v) is 10.7. The summed E-state index contributed by atoms with van der Waals surface area (Å²) in [7, 11) is 0. The molecule has 0 spiro atoms. The summed E-state index contributed by atoms with van der Waals surface area (Å²) in [5, 5.41) is 20.8. The SMILES string of the molecule is N#Cc1ccc(OC[C@H](CN2C3CCC2CN(Cc2ccccc2)C3)NC(=O)O)cc1. The third-order valence-electron chi connectivity index (χ3n) is 6.15. The van der Waals surface area contributed by atoms with Gasteiger partial charge in [0.2, 0.25) is 0 Å². The number of rotatable bonds is 8. The summed E-state index contributed by atoms with van der Waals surface area (Å²) in [5.74, 6) is 0.631. The monoisotopic (exact) mass is 420 g/mol. The first-order valence-electron chi connectivity index (χ1n) is 10.7. The van der Waals surface area contributed by atoms with Crippen LogP contribution in [0.5, 0.6) is 5.75 Å². The van der Waals surface area contributed by atoms with E-state index in [0.717, 1.165) is 32.5 Å². The van der Waals surface area contributed by atoms with Crippen LogP contribution in [0.25, 0.3) is 0 Å². The quantitative estimate of drug-likeness (QED) is 0.683. The highest BCUT2D eigenvalue weighted by molar-refractivity contribution is 5.64. The van der Waals surface area contributed by atoms with Crippen molar-refractivity contribution in [2.24, 2.45) is 0 Å². The Balaban J connectivity index is 1.34. The summed E-state index contributed by atoms with van der Waals surface area (Å²) in [5.41, 5.74) is 1.90. The molecule has 7 heteroatoms. The molecule has 7 nitrogen and oxygen atoms in total. The molecule has 2 aromatic carbocycles. The zero-order chi connectivity index (χ0) is 21.6. The van der Waals surface area contributed by atoms with Crippen molar-refractivity contribution in [1.29, 1.82) is 5.26 Å². The van der Waals surface area contributed by atoms with Crippen molar-refractivity contribution in [2.75, 3.05) is 26.2 Å². The highest BCUT2D eigenvalue weighted by atomic mass is 16.5. The molecule has 2 aliphatic heterocycles. The topological polar surface area (TPSA) is 88.8 Å². The van der Waals surface area contributed by atoms with Gasteiger partial charge in [-0.3, -0.25) is 9.80 Å². The molecule has 2 heterocycles. The van der Waals surface area contributed by atoms with Gasteiger partial charge in [-0.1, -0.05) is 30.3 Å². The molecular formula is C24H28N4O3. The highest BCUT2D eigenvalue weighted by Crippen LogP contribution is 2.31. The Morgan fingerprint density at radius 2 is 1.81 bits per heavy atom. The van der Waals surface area contributed by atoms with Crippen LogP contribution in [0.3, 0.4) is 0 Å². The van der Waals surface area contributed by atoms with Crippen molar-refractivity contribution >= 4 is 6.09 Å². The van der Waals surface area contributed by atoms with Gasteiger partial charge < -0.3 is 15.2 Å². The third kappa shape index (κ3) is 5.54. The highest BCUT2D eigenvalue weighted by Gasteiger charge is 2.40. The molecule has 2 unspecified atom stereocenters. The summed E-state index contributed by atoms with van der Waals surface area (Å²) >= 11 is 0. The van der Waals surface area contributed by atoms with E-state index in [1.807, 2.05) is 6.07 Å². The van der Waals surface area contributed by atoms with Crippen molar-refractivity contribution in [2.45, 2.75) is 37.5 Å². The van der Waals surface area contributed by atoms with Gasteiger partial charge in [0.05, 0.1) is 17.7 Å². The number of hydrogen-bond donors (Lipinski definition) is 2. The van der Waals surface area contributed by atoms with Gasteiger partial charge in [0.1, 0.15) is 12.4 Å². The largest absolute Gasteiger partial charge is 0.491 e. The number of nitriles is 1. The van der Waals surface area contributed by atoms with Crippen molar-refractivity contribution < 1.29 is 14.6 Å². The lowest BCUT2D eigenvalue weighted by atomic mass is 10.1. The maximum Gasteiger partial charge on any atom is 0.405 e. The fourth-order valence-corrected chi connectivity index (χ4v) is 4.74. The second kappa shape index (κ2) is 9.82. The van der Waals surface area contributed by atoms with E-state index in [4.69, 9.17) is 10.00 Å². The van der Waals surface area contributed by atoms with Gasteiger partial charge in [-0.25, -0.2) is 4.79 Å². The van der Waals surface area contributed by atoms with Crippen LogP contribution in [0.1, 0.15) is 24.0 Å². The number of nitrogens with zero attached hydrogens (tertiary/aromatic N) is 3. The van der Waals surface area contributed by atoms with E-state index < -0.39 is 6.09 Å². The van der Waals surface area contributed by atoms with E-state index in [1.54, 1.807) is 24.3 Å². The number of amides is 1. The second-order valence-corrected chi connectivity index (χ2v) is 8.36. The van der Waals surface area contributed by atoms with E-state index >= 15 is 0 Å². The van der Waals surface area contributed by atoms with E-state index in [-0.39, 0.29) is 12.6 Å². The normalized spacial score (nSPS) is 21.9. The molecule has 2 N–H and O–H groups in total. The lowest BCUT2D eigenvalue weighted by Gasteiger charge is -2.42. The molecule has 2 fully saturated rings. The van der Waals surface area contributed by atoms with E-state index in [1.165, 1.54) is 5.56 Å². The second-order valence-electron chi connectivity index (χ2n) is 8.36. The average Bonchev–Trinajstić information content (AvgIpc) is 3.00. The van der Waals surface area contributed by atoms with Gasteiger partial charge in [0.15, 0.2) is 0 Å². The molecule has 4 rings (SSSR count). The predicted octanol–water partition coefficient (Wildman–Crippen LogP) is 2.92. The minimum atomic E-state index is -1.04. The molecule has 2 saturated heterocycles. The van der Waals surface area contributed by atoms with Crippen LogP contribution in [0, 0.1) is 11.3 Å². The molecular weight excluding hydrogens is 392 g/mol. The number of piperazine rings is 1. The van der Waals surface area contributed by atoms with Gasteiger partial charge in [-0.2, -0.15) is 5.26 Å². The average molecular weight is 421 g/mol. The molecule has 0 aliphatic carbocycles. The van der Waals surface area contributed by atoms with Crippen LogP contribution in [-0.4, -0.2) is 65.4 Å². The van der Waals surface area contributed by atoms with Crippen molar-refractivity contribution in [3.05, 3.63) is 65.7 Å². The molecule has 2 aromatic rings. The lowest BCUT2D eigenvalue weighted by Crippen LogP contribution is -2.57. The van der Waals surface area contributed by atoms with Gasteiger partial charge in [0, 0.05) is 38.3 Å². The van der Waals surface area contributed by atoms with Gasteiger partial charge in [-0.05, 0) is 42.7 Å². The summed E-state index contributed by atoms with van der Waals surface area (Å²) < 4.78 is 5.83. The number of likely N-dealkylation sites (tertiary alicyclic amines) is 1. The lowest BCUT2D eigenvalue weighted by molar-refractivity contribution is 0.0497. The maximum absolute atomic E-state index is 11.4. The standard InChI is InChI=1S/C24H28N4O3/c25-12-18-6-10-23(11-7-18)31-17-20(26-24(29)30)14-28-21-8-9-22(28)16-27(15-21)13-19-4-2-1-3-5-19/h1-7,10-11,20-22,26H,8-9,13-17H2,(H,29,30)/t20-,21?,22?/m0/s1. The number of nitrogens with one attached hydrogen (secondary N) is 1. The Bertz CT molecular complexity index is 899. The summed E-state index contributed by atoms with van der Waals surface area (Å²) in [6, 6.07) is 20.0. The van der Waals surface area contributed by atoms with Gasteiger partial charge in [-0.15, -0.1) is 0 Å². The number of carbonyl (C=O) groups is 1. The maximum atomic E-state index is 11.4. The molecule has 0 radical (unpaired) electrons. The zero-order valence-corrected chi connectivity index (χ0v) is 17.5. The van der Waals surface area contributed by atoms with Crippen LogP contribution in [0.4, 0.5) is 4.79 Å². The Morgan fingerprint density at radius 3 is 2.42 bits per heavy atom. The van der Waals surface area contributed by atoms with Crippen LogP contribution in [0.15, 0.2) is 54.6 Å². The first kappa shape index (κ1) is 21.2. The van der Waals surface area contributed by atoms with E-state index in [2.05, 4.69) is 45.5 Å².